The third-order valence-corrected chi connectivity index (χ3v) is 8.26. The Bertz CT molecular complexity index is 1190. The number of sulfonamides is 1. The van der Waals surface area contributed by atoms with Gasteiger partial charge in [0.2, 0.25) is 15.9 Å². The third-order valence-electron chi connectivity index (χ3n) is 5.18. The molecule has 1 N–H and O–H groups in total. The Hall–Kier alpha value is -2.20. The Morgan fingerprint density at radius 1 is 1.23 bits per heavy atom. The van der Waals surface area contributed by atoms with E-state index < -0.39 is 10.0 Å². The van der Waals surface area contributed by atoms with Crippen LogP contribution in [0.15, 0.2) is 47.4 Å². The molecule has 0 spiro atoms. The van der Waals surface area contributed by atoms with Crippen LogP contribution >= 0.6 is 22.9 Å². The van der Waals surface area contributed by atoms with Gasteiger partial charge in [0.15, 0.2) is 5.13 Å². The Kier molecular flexibility index (Phi) is 6.47. The highest BCUT2D eigenvalue weighted by Gasteiger charge is 2.32. The summed E-state index contributed by atoms with van der Waals surface area (Å²) in [5.41, 5.74) is 0.779. The Morgan fingerprint density at radius 2 is 1.94 bits per heavy atom. The first-order valence-corrected chi connectivity index (χ1v) is 12.6. The number of nitrogens with zero attached hydrogens (tertiary/aromatic N) is 2. The highest BCUT2D eigenvalue weighted by molar-refractivity contribution is 7.89. The van der Waals surface area contributed by atoms with E-state index in [0.29, 0.717) is 48.4 Å². The lowest BCUT2D eigenvalue weighted by molar-refractivity contribution is -0.120. The van der Waals surface area contributed by atoms with Gasteiger partial charge < -0.3 is 10.1 Å². The second-order valence-corrected chi connectivity index (χ2v) is 10.6. The van der Waals surface area contributed by atoms with Gasteiger partial charge in [0, 0.05) is 24.0 Å². The van der Waals surface area contributed by atoms with Crippen LogP contribution in [-0.4, -0.2) is 43.3 Å². The largest absolute Gasteiger partial charge is 0.494 e. The molecule has 1 amide bonds. The molecule has 0 atom stereocenters. The minimum absolute atomic E-state index is 0.136. The molecule has 1 fully saturated rings. The van der Waals surface area contributed by atoms with Gasteiger partial charge in [0.1, 0.15) is 5.75 Å². The number of anilines is 1. The van der Waals surface area contributed by atoms with Crippen molar-refractivity contribution in [3.8, 4) is 5.75 Å². The van der Waals surface area contributed by atoms with E-state index in [2.05, 4.69) is 10.3 Å². The molecule has 2 aromatic carbocycles. The molecular formula is C21H22ClN3O4S2. The standard InChI is InChI=1S/C21H22ClN3O4S2/c1-2-29-16-4-6-17(7-5-16)31(27,28)25-11-9-14(10-12-25)20(26)24-21-23-18-8-3-15(22)13-19(18)30-21/h3-8,13-14H,2,9-12H2,1H3,(H,23,24,26). The van der Waals surface area contributed by atoms with Crippen molar-refractivity contribution < 1.29 is 17.9 Å². The Morgan fingerprint density at radius 3 is 2.61 bits per heavy atom. The van der Waals surface area contributed by atoms with E-state index in [1.54, 1.807) is 30.3 Å². The van der Waals surface area contributed by atoms with Crippen LogP contribution in [0.25, 0.3) is 10.2 Å². The van der Waals surface area contributed by atoms with Crippen molar-refractivity contribution in [3.05, 3.63) is 47.5 Å². The number of hydrogen-bond donors (Lipinski definition) is 1. The summed E-state index contributed by atoms with van der Waals surface area (Å²) >= 11 is 7.37. The molecule has 164 valence electrons. The van der Waals surface area contributed by atoms with Crippen molar-refractivity contribution in [2.45, 2.75) is 24.7 Å². The second-order valence-electron chi connectivity index (χ2n) is 7.20. The number of fused-ring (bicyclic) bond motifs is 1. The molecular weight excluding hydrogens is 458 g/mol. The first-order chi connectivity index (χ1) is 14.9. The van der Waals surface area contributed by atoms with Gasteiger partial charge in [-0.25, -0.2) is 13.4 Å². The second kappa shape index (κ2) is 9.12. The highest BCUT2D eigenvalue weighted by atomic mass is 35.5. The molecule has 0 bridgehead atoms. The number of ether oxygens (including phenoxy) is 1. The van der Waals surface area contributed by atoms with Gasteiger partial charge in [0.25, 0.3) is 0 Å². The molecule has 3 aromatic rings. The number of rotatable bonds is 6. The van der Waals surface area contributed by atoms with Gasteiger partial charge in [-0.15, -0.1) is 0 Å². The molecule has 1 aromatic heterocycles. The number of nitrogens with one attached hydrogen (secondary N) is 1. The van der Waals surface area contributed by atoms with E-state index in [9.17, 15) is 13.2 Å². The van der Waals surface area contributed by atoms with Crippen LogP contribution in [-0.2, 0) is 14.8 Å². The molecule has 0 aliphatic carbocycles. The summed E-state index contributed by atoms with van der Waals surface area (Å²) in [5.74, 6) is 0.236. The number of hydrogen-bond acceptors (Lipinski definition) is 6. The third kappa shape index (κ3) is 4.85. The molecule has 10 heteroatoms. The average Bonchev–Trinajstić information content (AvgIpc) is 3.15. The lowest BCUT2D eigenvalue weighted by Gasteiger charge is -2.30. The number of piperidine rings is 1. The van der Waals surface area contributed by atoms with Crippen molar-refractivity contribution in [3.63, 3.8) is 0 Å². The first kappa shape index (κ1) is 22.0. The van der Waals surface area contributed by atoms with Gasteiger partial charge in [-0.3, -0.25) is 4.79 Å². The maximum absolute atomic E-state index is 12.9. The molecule has 2 heterocycles. The van der Waals surface area contributed by atoms with Gasteiger partial charge in [-0.05, 0) is 62.2 Å². The number of carbonyl (C=O) groups is 1. The van der Waals surface area contributed by atoms with Gasteiger partial charge in [0.05, 0.1) is 21.7 Å². The number of carbonyl (C=O) groups excluding carboxylic acids is 1. The van der Waals surface area contributed by atoms with E-state index in [1.165, 1.54) is 15.6 Å². The fraction of sp³-hybridized carbons (Fsp3) is 0.333. The minimum Gasteiger partial charge on any atom is -0.494 e. The lowest BCUT2D eigenvalue weighted by atomic mass is 9.97. The predicted molar refractivity (Wildman–Crippen MR) is 122 cm³/mol. The Balaban J connectivity index is 1.37. The summed E-state index contributed by atoms with van der Waals surface area (Å²) < 4.78 is 33.5. The fourth-order valence-corrected chi connectivity index (χ4v) is 6.16. The van der Waals surface area contributed by atoms with Gasteiger partial charge in [-0.2, -0.15) is 4.31 Å². The molecule has 4 rings (SSSR count). The van der Waals surface area contributed by atoms with Gasteiger partial charge >= 0.3 is 0 Å². The molecule has 7 nitrogen and oxygen atoms in total. The zero-order valence-corrected chi connectivity index (χ0v) is 19.3. The number of thiazole rings is 1. The Labute approximate surface area is 190 Å². The van der Waals surface area contributed by atoms with Crippen LogP contribution in [0.3, 0.4) is 0 Å². The van der Waals surface area contributed by atoms with Crippen molar-refractivity contribution in [2.24, 2.45) is 5.92 Å². The fourth-order valence-electron chi connectivity index (χ4n) is 3.54. The van der Waals surface area contributed by atoms with Crippen molar-refractivity contribution in [2.75, 3.05) is 25.0 Å². The van der Waals surface area contributed by atoms with E-state index in [-0.39, 0.29) is 16.7 Å². The topological polar surface area (TPSA) is 88.6 Å². The summed E-state index contributed by atoms with van der Waals surface area (Å²) in [5, 5.41) is 4.01. The normalized spacial score (nSPS) is 15.8. The molecule has 0 saturated carbocycles. The summed E-state index contributed by atoms with van der Waals surface area (Å²) in [6.45, 7) is 2.98. The zero-order valence-electron chi connectivity index (χ0n) is 16.9. The quantitative estimate of drug-likeness (QED) is 0.566. The molecule has 0 radical (unpaired) electrons. The number of benzene rings is 2. The van der Waals surface area contributed by atoms with E-state index >= 15 is 0 Å². The summed E-state index contributed by atoms with van der Waals surface area (Å²) in [4.78, 5) is 17.3. The number of aromatic nitrogens is 1. The number of amides is 1. The van der Waals surface area contributed by atoms with E-state index in [1.807, 2.05) is 19.1 Å². The van der Waals surface area contributed by atoms with Gasteiger partial charge in [-0.1, -0.05) is 22.9 Å². The minimum atomic E-state index is -3.60. The molecule has 1 saturated heterocycles. The zero-order chi connectivity index (χ0) is 22.0. The maximum atomic E-state index is 12.9. The van der Waals surface area contributed by atoms with Crippen molar-refractivity contribution in [1.82, 2.24) is 9.29 Å². The van der Waals surface area contributed by atoms with Crippen LogP contribution in [0.1, 0.15) is 19.8 Å². The maximum Gasteiger partial charge on any atom is 0.243 e. The van der Waals surface area contributed by atoms with Crippen LogP contribution in [0.4, 0.5) is 5.13 Å². The van der Waals surface area contributed by atoms with Crippen LogP contribution in [0.5, 0.6) is 5.75 Å². The van der Waals surface area contributed by atoms with E-state index in [4.69, 9.17) is 16.3 Å². The SMILES string of the molecule is CCOc1ccc(S(=O)(=O)N2CCC(C(=O)Nc3nc4ccc(Cl)cc4s3)CC2)cc1. The molecule has 0 unspecified atom stereocenters. The first-order valence-electron chi connectivity index (χ1n) is 9.97. The van der Waals surface area contributed by atoms with Crippen molar-refractivity contribution in [1.29, 1.82) is 0 Å². The number of halogens is 1. The highest BCUT2D eigenvalue weighted by Crippen LogP contribution is 2.30. The molecule has 31 heavy (non-hydrogen) atoms. The monoisotopic (exact) mass is 479 g/mol. The molecule has 1 aliphatic heterocycles. The summed E-state index contributed by atoms with van der Waals surface area (Å²) in [6, 6.07) is 11.8. The van der Waals surface area contributed by atoms with Crippen LogP contribution in [0, 0.1) is 5.92 Å². The van der Waals surface area contributed by atoms with E-state index in [0.717, 1.165) is 10.2 Å². The lowest BCUT2D eigenvalue weighted by Crippen LogP contribution is -2.41. The summed E-state index contributed by atoms with van der Waals surface area (Å²) in [7, 11) is -3.60. The van der Waals surface area contributed by atoms with Crippen molar-refractivity contribution >= 4 is 54.2 Å². The van der Waals surface area contributed by atoms with Crippen LogP contribution in [0.2, 0.25) is 5.02 Å². The molecule has 1 aliphatic rings. The average molecular weight is 480 g/mol. The smallest absolute Gasteiger partial charge is 0.243 e. The predicted octanol–water partition coefficient (Wildman–Crippen LogP) is 4.39. The summed E-state index contributed by atoms with van der Waals surface area (Å²) in [6.07, 6.45) is 0.914. The van der Waals surface area contributed by atoms with Crippen LogP contribution < -0.4 is 10.1 Å².